The highest BCUT2D eigenvalue weighted by Gasteiger charge is 2.01. The van der Waals surface area contributed by atoms with Crippen molar-refractivity contribution in [2.75, 3.05) is 20.1 Å². The van der Waals surface area contributed by atoms with E-state index in [1.54, 1.807) is 7.05 Å². The van der Waals surface area contributed by atoms with E-state index in [4.69, 9.17) is 5.73 Å². The molecule has 0 heterocycles. The normalized spacial score (nSPS) is 10.2. The average Bonchev–Trinajstić information content (AvgIpc) is 2.38. The second kappa shape index (κ2) is 7.81. The van der Waals surface area contributed by atoms with Crippen LogP contribution in [0.5, 0.6) is 0 Å². The van der Waals surface area contributed by atoms with Gasteiger partial charge in [-0.05, 0) is 43.6 Å². The minimum Gasteiger partial charge on any atom is -0.355 e. The number of hydrogen-bond donors (Lipinski definition) is 3. The minimum absolute atomic E-state index is 0.0487. The fraction of sp³-hybridized carbons (Fsp3) is 0.462. The summed E-state index contributed by atoms with van der Waals surface area (Å²) in [6.45, 7) is 2.56. The Morgan fingerprint density at radius 1 is 1.24 bits per heavy atom. The number of nitrogens with two attached hydrogens (primary N) is 1. The van der Waals surface area contributed by atoms with Gasteiger partial charge in [0.25, 0.3) is 5.91 Å². The van der Waals surface area contributed by atoms with Crippen molar-refractivity contribution in [2.45, 2.75) is 19.4 Å². The van der Waals surface area contributed by atoms with Gasteiger partial charge in [0, 0.05) is 19.2 Å². The van der Waals surface area contributed by atoms with Crippen LogP contribution in [-0.2, 0) is 6.54 Å². The first-order chi connectivity index (χ1) is 8.27. The maximum Gasteiger partial charge on any atom is 0.251 e. The molecule has 4 nitrogen and oxygen atoms in total. The first-order valence-corrected chi connectivity index (χ1v) is 5.99. The summed E-state index contributed by atoms with van der Waals surface area (Å²) in [5, 5.41) is 5.94. The summed E-state index contributed by atoms with van der Waals surface area (Å²) in [4.78, 5) is 11.3. The number of hydrogen-bond acceptors (Lipinski definition) is 3. The molecular weight excluding hydrogens is 214 g/mol. The number of benzene rings is 1. The molecule has 0 aromatic heterocycles. The number of amides is 1. The van der Waals surface area contributed by atoms with Crippen LogP contribution in [-0.4, -0.2) is 26.0 Å². The zero-order valence-electron chi connectivity index (χ0n) is 10.3. The van der Waals surface area contributed by atoms with E-state index in [1.165, 1.54) is 5.56 Å². The number of carbonyl (C=O) groups excluding carboxylic acids is 1. The number of unbranched alkanes of at least 4 members (excludes halogenated alkanes) is 1. The van der Waals surface area contributed by atoms with Crippen molar-refractivity contribution < 1.29 is 4.79 Å². The molecule has 0 unspecified atom stereocenters. The van der Waals surface area contributed by atoms with Crippen LogP contribution in [0, 0.1) is 0 Å². The Kier molecular flexibility index (Phi) is 6.29. The smallest absolute Gasteiger partial charge is 0.251 e. The lowest BCUT2D eigenvalue weighted by Crippen LogP contribution is -2.18. The molecular formula is C13H21N3O. The van der Waals surface area contributed by atoms with Crippen molar-refractivity contribution in [3.63, 3.8) is 0 Å². The van der Waals surface area contributed by atoms with E-state index < -0.39 is 0 Å². The molecule has 0 aliphatic heterocycles. The first kappa shape index (κ1) is 13.7. The Labute approximate surface area is 103 Å². The Morgan fingerprint density at radius 3 is 2.53 bits per heavy atom. The molecule has 0 aliphatic rings. The fourth-order valence-corrected chi connectivity index (χ4v) is 1.55. The van der Waals surface area contributed by atoms with E-state index in [0.717, 1.165) is 32.5 Å². The molecule has 0 atom stereocenters. The fourth-order valence-electron chi connectivity index (χ4n) is 1.55. The lowest BCUT2D eigenvalue weighted by molar-refractivity contribution is 0.0963. The van der Waals surface area contributed by atoms with Crippen molar-refractivity contribution in [2.24, 2.45) is 5.73 Å². The van der Waals surface area contributed by atoms with Gasteiger partial charge in [0.15, 0.2) is 0 Å². The van der Waals surface area contributed by atoms with Crippen molar-refractivity contribution in [1.82, 2.24) is 10.6 Å². The standard InChI is InChI=1S/C13H21N3O/c1-15-13(17)12-6-4-11(5-7-12)10-16-9-3-2-8-14/h4-7,16H,2-3,8-10,14H2,1H3,(H,15,17). The molecule has 94 valence electrons. The molecule has 4 N–H and O–H groups in total. The van der Waals surface area contributed by atoms with E-state index in [9.17, 15) is 4.79 Å². The quantitative estimate of drug-likeness (QED) is 0.614. The maximum absolute atomic E-state index is 11.3. The van der Waals surface area contributed by atoms with Crippen LogP contribution in [0.15, 0.2) is 24.3 Å². The summed E-state index contributed by atoms with van der Waals surface area (Å²) < 4.78 is 0. The molecule has 0 fully saturated rings. The molecule has 0 saturated carbocycles. The van der Waals surface area contributed by atoms with E-state index in [0.29, 0.717) is 5.56 Å². The van der Waals surface area contributed by atoms with Crippen LogP contribution in [0.3, 0.4) is 0 Å². The van der Waals surface area contributed by atoms with Gasteiger partial charge in [0.1, 0.15) is 0 Å². The van der Waals surface area contributed by atoms with Crippen molar-refractivity contribution in [3.05, 3.63) is 35.4 Å². The number of carbonyl (C=O) groups is 1. The topological polar surface area (TPSA) is 67.2 Å². The molecule has 0 bridgehead atoms. The predicted molar refractivity (Wildman–Crippen MR) is 69.8 cm³/mol. The van der Waals surface area contributed by atoms with Crippen LogP contribution < -0.4 is 16.4 Å². The largest absolute Gasteiger partial charge is 0.355 e. The maximum atomic E-state index is 11.3. The zero-order valence-corrected chi connectivity index (χ0v) is 10.3. The average molecular weight is 235 g/mol. The minimum atomic E-state index is -0.0487. The van der Waals surface area contributed by atoms with Crippen molar-refractivity contribution in [3.8, 4) is 0 Å². The zero-order chi connectivity index (χ0) is 12.5. The highest BCUT2D eigenvalue weighted by atomic mass is 16.1. The van der Waals surface area contributed by atoms with Gasteiger partial charge in [-0.1, -0.05) is 12.1 Å². The van der Waals surface area contributed by atoms with Gasteiger partial charge in [-0.3, -0.25) is 4.79 Å². The molecule has 0 spiro atoms. The molecule has 1 amide bonds. The van der Waals surface area contributed by atoms with Crippen LogP contribution in [0.4, 0.5) is 0 Å². The van der Waals surface area contributed by atoms with E-state index in [2.05, 4.69) is 10.6 Å². The highest BCUT2D eigenvalue weighted by molar-refractivity contribution is 5.93. The van der Waals surface area contributed by atoms with Crippen molar-refractivity contribution >= 4 is 5.91 Å². The molecule has 0 aliphatic carbocycles. The lowest BCUT2D eigenvalue weighted by Gasteiger charge is -2.05. The Morgan fingerprint density at radius 2 is 1.94 bits per heavy atom. The Hall–Kier alpha value is -1.39. The summed E-state index contributed by atoms with van der Waals surface area (Å²) in [6, 6.07) is 7.63. The second-order valence-electron chi connectivity index (χ2n) is 3.95. The van der Waals surface area contributed by atoms with Crippen LogP contribution in [0.25, 0.3) is 0 Å². The molecule has 17 heavy (non-hydrogen) atoms. The van der Waals surface area contributed by atoms with Crippen molar-refractivity contribution in [1.29, 1.82) is 0 Å². The SMILES string of the molecule is CNC(=O)c1ccc(CNCCCCN)cc1. The third-order valence-electron chi connectivity index (χ3n) is 2.58. The predicted octanol–water partition coefficient (Wildman–Crippen LogP) is 0.875. The molecule has 0 saturated heterocycles. The van der Waals surface area contributed by atoms with Crippen LogP contribution >= 0.6 is 0 Å². The van der Waals surface area contributed by atoms with Gasteiger partial charge in [-0.2, -0.15) is 0 Å². The van der Waals surface area contributed by atoms with Crippen LogP contribution in [0.2, 0.25) is 0 Å². The molecule has 1 rings (SSSR count). The molecule has 4 heteroatoms. The molecule has 0 radical (unpaired) electrons. The van der Waals surface area contributed by atoms with E-state index in [-0.39, 0.29) is 5.91 Å². The number of rotatable bonds is 7. The van der Waals surface area contributed by atoms with Gasteiger partial charge < -0.3 is 16.4 Å². The number of nitrogens with one attached hydrogen (secondary N) is 2. The summed E-state index contributed by atoms with van der Waals surface area (Å²) in [7, 11) is 1.63. The molecule has 1 aromatic carbocycles. The van der Waals surface area contributed by atoms with Gasteiger partial charge in [-0.25, -0.2) is 0 Å². The van der Waals surface area contributed by atoms with Gasteiger partial charge >= 0.3 is 0 Å². The lowest BCUT2D eigenvalue weighted by atomic mass is 10.1. The van der Waals surface area contributed by atoms with Crippen LogP contribution in [0.1, 0.15) is 28.8 Å². The first-order valence-electron chi connectivity index (χ1n) is 5.99. The summed E-state index contributed by atoms with van der Waals surface area (Å²) in [6.07, 6.45) is 2.16. The van der Waals surface area contributed by atoms with E-state index >= 15 is 0 Å². The van der Waals surface area contributed by atoms with Gasteiger partial charge in [-0.15, -0.1) is 0 Å². The monoisotopic (exact) mass is 235 g/mol. The third kappa shape index (κ3) is 4.97. The van der Waals surface area contributed by atoms with Gasteiger partial charge in [0.05, 0.1) is 0 Å². The summed E-state index contributed by atoms with van der Waals surface area (Å²) in [5.41, 5.74) is 7.29. The highest BCUT2D eigenvalue weighted by Crippen LogP contribution is 2.04. The molecule has 1 aromatic rings. The Bertz CT molecular complexity index is 335. The summed E-state index contributed by atoms with van der Waals surface area (Å²) >= 11 is 0. The van der Waals surface area contributed by atoms with Gasteiger partial charge in [0.2, 0.25) is 0 Å². The Balaban J connectivity index is 2.33. The third-order valence-corrected chi connectivity index (χ3v) is 2.58. The second-order valence-corrected chi connectivity index (χ2v) is 3.95. The summed E-state index contributed by atoms with van der Waals surface area (Å²) in [5.74, 6) is -0.0487. The van der Waals surface area contributed by atoms with E-state index in [1.807, 2.05) is 24.3 Å².